The number of thiophene rings is 1. The molecule has 2 aromatic heterocycles. The Morgan fingerprint density at radius 1 is 1.36 bits per heavy atom. The van der Waals surface area contributed by atoms with Crippen LogP contribution in [0.2, 0.25) is 0 Å². The lowest BCUT2D eigenvalue weighted by Gasteiger charge is -2.15. The first kappa shape index (κ1) is 20.4. The lowest BCUT2D eigenvalue weighted by molar-refractivity contribution is -0.124. The van der Waals surface area contributed by atoms with Gasteiger partial charge in [0.25, 0.3) is 0 Å². The van der Waals surface area contributed by atoms with Crippen LogP contribution in [0, 0.1) is 4.77 Å². The Morgan fingerprint density at radius 2 is 2.14 bits per heavy atom. The number of aromatic amines is 1. The van der Waals surface area contributed by atoms with E-state index >= 15 is 0 Å². The number of hydrogen-bond acceptors (Lipinski definition) is 6. The number of nitrogens with zero attached hydrogens (tertiary/aromatic N) is 2. The summed E-state index contributed by atoms with van der Waals surface area (Å²) in [5.41, 5.74) is 0.672. The number of nitrogens with one attached hydrogen (secondary N) is 3. The number of amides is 1. The predicted octanol–water partition coefficient (Wildman–Crippen LogP) is 2.45. The lowest BCUT2D eigenvalue weighted by Crippen LogP contribution is -2.31. The summed E-state index contributed by atoms with van der Waals surface area (Å²) in [4.78, 5) is 13.7. The summed E-state index contributed by atoms with van der Waals surface area (Å²) >= 11 is 6.79. The van der Waals surface area contributed by atoms with Crippen molar-refractivity contribution in [3.05, 3.63) is 52.1 Å². The normalized spacial score (nSPS) is 12.6. The highest BCUT2D eigenvalue weighted by molar-refractivity contribution is 7.89. The maximum Gasteiger partial charge on any atom is 0.243 e. The maximum atomic E-state index is 12.7. The van der Waals surface area contributed by atoms with Gasteiger partial charge in [-0.25, -0.2) is 13.1 Å². The van der Waals surface area contributed by atoms with E-state index in [-0.39, 0.29) is 17.3 Å². The van der Waals surface area contributed by atoms with Crippen LogP contribution < -0.4 is 10.0 Å². The molecular weight excluding hydrogens is 418 g/mol. The zero-order valence-corrected chi connectivity index (χ0v) is 17.6. The molecule has 0 aliphatic heterocycles. The fraction of sp³-hybridized carbons (Fsp3) is 0.235. The molecule has 148 valence electrons. The Hall–Kier alpha value is -2.34. The Morgan fingerprint density at radius 3 is 2.82 bits per heavy atom. The number of hydrogen-bond donors (Lipinski definition) is 3. The van der Waals surface area contributed by atoms with Gasteiger partial charge in [0.2, 0.25) is 15.9 Å². The summed E-state index contributed by atoms with van der Waals surface area (Å²) in [5, 5.41) is 11.7. The average molecular weight is 438 g/mol. The van der Waals surface area contributed by atoms with Gasteiger partial charge in [-0.1, -0.05) is 18.2 Å². The van der Waals surface area contributed by atoms with Crippen LogP contribution >= 0.6 is 23.6 Å². The summed E-state index contributed by atoms with van der Waals surface area (Å²) < 4.78 is 28.1. The van der Waals surface area contributed by atoms with Crippen molar-refractivity contribution in [2.45, 2.75) is 24.4 Å². The molecule has 1 atom stereocenters. The van der Waals surface area contributed by atoms with E-state index in [0.717, 1.165) is 4.88 Å². The Bertz CT molecular complexity index is 1130. The van der Waals surface area contributed by atoms with Gasteiger partial charge in [-0.2, -0.15) is 5.10 Å². The van der Waals surface area contributed by atoms with Crippen molar-refractivity contribution in [3.8, 4) is 10.7 Å². The molecule has 0 fully saturated rings. The molecule has 11 heteroatoms. The van der Waals surface area contributed by atoms with Crippen molar-refractivity contribution < 1.29 is 13.2 Å². The first-order valence-electron chi connectivity index (χ1n) is 8.34. The van der Waals surface area contributed by atoms with Crippen molar-refractivity contribution in [3.63, 3.8) is 0 Å². The van der Waals surface area contributed by atoms with Gasteiger partial charge in [-0.05, 0) is 55.3 Å². The number of carbonyl (C=O) groups is 1. The second kappa shape index (κ2) is 8.35. The highest BCUT2D eigenvalue weighted by Gasteiger charge is 2.21. The van der Waals surface area contributed by atoms with Gasteiger partial charge >= 0.3 is 0 Å². The van der Waals surface area contributed by atoms with Crippen molar-refractivity contribution in [2.75, 3.05) is 7.05 Å². The van der Waals surface area contributed by atoms with Gasteiger partial charge in [0.15, 0.2) is 10.6 Å². The zero-order chi connectivity index (χ0) is 20.3. The molecule has 1 amide bonds. The van der Waals surface area contributed by atoms with E-state index in [4.69, 9.17) is 12.2 Å². The first-order chi connectivity index (χ1) is 13.3. The third-order valence-corrected chi connectivity index (χ3v) is 6.72. The van der Waals surface area contributed by atoms with E-state index in [1.165, 1.54) is 30.5 Å². The van der Waals surface area contributed by atoms with Gasteiger partial charge in [0.05, 0.1) is 9.77 Å². The summed E-state index contributed by atoms with van der Waals surface area (Å²) in [7, 11) is -2.19. The summed E-state index contributed by atoms with van der Waals surface area (Å²) in [6.45, 7) is 1.93. The van der Waals surface area contributed by atoms with Crippen LogP contribution in [0.1, 0.15) is 18.5 Å². The van der Waals surface area contributed by atoms with E-state index in [2.05, 4.69) is 20.2 Å². The van der Waals surface area contributed by atoms with Gasteiger partial charge in [-0.15, -0.1) is 11.3 Å². The molecule has 0 saturated heterocycles. The van der Waals surface area contributed by atoms with Crippen LogP contribution in [0.25, 0.3) is 10.7 Å². The Labute approximate surface area is 171 Å². The summed E-state index contributed by atoms with van der Waals surface area (Å²) in [6.07, 6.45) is 0. The molecule has 28 heavy (non-hydrogen) atoms. The molecule has 2 heterocycles. The number of benzene rings is 1. The number of carbonyl (C=O) groups excluding carboxylic acids is 1. The van der Waals surface area contributed by atoms with Crippen molar-refractivity contribution in [1.82, 2.24) is 24.8 Å². The van der Waals surface area contributed by atoms with Crippen molar-refractivity contribution in [1.29, 1.82) is 0 Å². The second-order valence-corrected chi connectivity index (χ2v) is 9.17. The molecule has 0 spiro atoms. The SMILES string of the molecule is CNS(=O)(=O)c1cccc(CNC(=O)C(C)n2c(-c3cccs3)n[nH]c2=S)c1. The van der Waals surface area contributed by atoms with Crippen molar-refractivity contribution >= 4 is 39.5 Å². The van der Waals surface area contributed by atoms with Gasteiger partial charge in [0.1, 0.15) is 6.04 Å². The van der Waals surface area contributed by atoms with Crippen LogP contribution in [0.4, 0.5) is 0 Å². The van der Waals surface area contributed by atoms with Crippen LogP contribution in [0.5, 0.6) is 0 Å². The quantitative estimate of drug-likeness (QED) is 0.492. The molecule has 3 N–H and O–H groups in total. The van der Waals surface area contributed by atoms with E-state index in [9.17, 15) is 13.2 Å². The highest BCUT2D eigenvalue weighted by atomic mass is 32.2. The largest absolute Gasteiger partial charge is 0.350 e. The van der Waals surface area contributed by atoms with Crippen LogP contribution in [-0.2, 0) is 21.4 Å². The Balaban J connectivity index is 1.76. The average Bonchev–Trinajstić information content (AvgIpc) is 3.35. The summed E-state index contributed by atoms with van der Waals surface area (Å²) in [6, 6.07) is 9.63. The lowest BCUT2D eigenvalue weighted by atomic mass is 10.2. The van der Waals surface area contributed by atoms with Gasteiger partial charge in [0, 0.05) is 6.54 Å². The molecule has 0 aliphatic carbocycles. The number of aromatic nitrogens is 3. The molecule has 8 nitrogen and oxygen atoms in total. The number of rotatable bonds is 7. The van der Waals surface area contributed by atoms with Crippen LogP contribution in [0.3, 0.4) is 0 Å². The monoisotopic (exact) mass is 437 g/mol. The fourth-order valence-electron chi connectivity index (χ4n) is 2.64. The molecule has 1 aromatic carbocycles. The van der Waals surface area contributed by atoms with Crippen LogP contribution in [-0.4, -0.2) is 36.1 Å². The van der Waals surface area contributed by atoms with E-state index in [1.54, 1.807) is 23.6 Å². The summed E-state index contributed by atoms with van der Waals surface area (Å²) in [5.74, 6) is 0.349. The standard InChI is InChI=1S/C17H19N5O3S3/c1-11(22-15(20-21-17(22)26)14-7-4-8-27-14)16(23)19-10-12-5-3-6-13(9-12)28(24,25)18-2/h3-9,11,18H,10H2,1-2H3,(H,19,23)(H,21,26). The molecule has 3 rings (SSSR count). The molecule has 1 unspecified atom stereocenters. The maximum absolute atomic E-state index is 12.7. The van der Waals surface area contributed by atoms with E-state index in [0.29, 0.717) is 16.2 Å². The number of sulfonamides is 1. The Kier molecular flexibility index (Phi) is 6.08. The highest BCUT2D eigenvalue weighted by Crippen LogP contribution is 2.25. The van der Waals surface area contributed by atoms with Gasteiger partial charge < -0.3 is 5.32 Å². The van der Waals surface area contributed by atoms with Crippen molar-refractivity contribution in [2.24, 2.45) is 0 Å². The minimum absolute atomic E-state index is 0.145. The molecule has 0 saturated carbocycles. The van der Waals surface area contributed by atoms with E-state index < -0.39 is 16.1 Å². The fourth-order valence-corrected chi connectivity index (χ4v) is 4.44. The first-order valence-corrected chi connectivity index (χ1v) is 11.1. The minimum atomic E-state index is -3.54. The molecule has 0 bridgehead atoms. The predicted molar refractivity (Wildman–Crippen MR) is 110 cm³/mol. The zero-order valence-electron chi connectivity index (χ0n) is 15.2. The third-order valence-electron chi connectivity index (χ3n) is 4.16. The molecule has 3 aromatic rings. The smallest absolute Gasteiger partial charge is 0.243 e. The second-order valence-electron chi connectivity index (χ2n) is 5.95. The topological polar surface area (TPSA) is 109 Å². The molecule has 0 aliphatic rings. The third kappa shape index (κ3) is 4.22. The van der Waals surface area contributed by atoms with Gasteiger partial charge in [-0.3, -0.25) is 14.5 Å². The molecule has 0 radical (unpaired) electrons. The number of H-pyrrole nitrogens is 1. The van der Waals surface area contributed by atoms with E-state index in [1.807, 2.05) is 17.5 Å². The molecular formula is C17H19N5O3S3. The van der Waals surface area contributed by atoms with Crippen LogP contribution in [0.15, 0.2) is 46.7 Å². The minimum Gasteiger partial charge on any atom is -0.350 e.